The van der Waals surface area contributed by atoms with Gasteiger partial charge in [0.2, 0.25) is 0 Å². The average Bonchev–Trinajstić information content (AvgIpc) is 2.78. The molecule has 0 aliphatic rings. The van der Waals surface area contributed by atoms with Crippen molar-refractivity contribution in [3.05, 3.63) is 83.9 Å². The van der Waals surface area contributed by atoms with Crippen LogP contribution in [-0.2, 0) is 16.0 Å². The maximum atomic E-state index is 10.2. The van der Waals surface area contributed by atoms with E-state index in [2.05, 4.69) is 0 Å². The number of hydrogen-bond acceptors (Lipinski definition) is 5. The molecule has 0 aromatic heterocycles. The zero-order valence-electron chi connectivity index (χ0n) is 18.1. The van der Waals surface area contributed by atoms with Gasteiger partial charge in [0.05, 0.1) is 7.11 Å². The monoisotopic (exact) mass is 418 g/mol. The summed E-state index contributed by atoms with van der Waals surface area (Å²) >= 11 is 0. The molecule has 0 saturated carbocycles. The van der Waals surface area contributed by atoms with Crippen molar-refractivity contribution in [2.24, 2.45) is 0 Å². The number of anilines is 2. The van der Waals surface area contributed by atoms with Crippen LogP contribution in [0.25, 0.3) is 17.2 Å². The topological polar surface area (TPSA) is 87.6 Å². The van der Waals surface area contributed by atoms with Crippen LogP contribution in [0.5, 0.6) is 5.75 Å². The first-order chi connectivity index (χ1) is 15.0. The highest BCUT2D eigenvalue weighted by atomic mass is 16.5. The molecule has 0 aliphatic heterocycles. The molecule has 0 spiro atoms. The number of methoxy groups -OCH3 is 2. The van der Waals surface area contributed by atoms with Crippen molar-refractivity contribution in [3.8, 4) is 16.9 Å². The largest absolute Gasteiger partial charge is 0.497 e. The van der Waals surface area contributed by atoms with Crippen LogP contribution in [0.4, 0.5) is 11.4 Å². The lowest BCUT2D eigenvalue weighted by Crippen LogP contribution is -1.96. The van der Waals surface area contributed by atoms with Crippen LogP contribution in [0.15, 0.2) is 72.8 Å². The summed E-state index contributed by atoms with van der Waals surface area (Å²) in [5, 5.41) is 0. The Labute approximate surface area is 184 Å². The number of carbonyl (C=O) groups excluding carboxylic acids is 1. The number of rotatable bonds is 8. The van der Waals surface area contributed by atoms with Crippen molar-refractivity contribution in [3.63, 3.8) is 0 Å². The van der Waals surface area contributed by atoms with Crippen LogP contribution in [0, 0.1) is 0 Å². The Bertz CT molecular complexity index is 945. The molecule has 5 nitrogen and oxygen atoms in total. The Morgan fingerprint density at radius 1 is 0.839 bits per heavy atom. The maximum Gasteiger partial charge on any atom is 0.142 e. The average molecular weight is 419 g/mol. The molecule has 3 rings (SSSR count). The molecule has 0 unspecified atom stereocenters. The highest BCUT2D eigenvalue weighted by Crippen LogP contribution is 2.23. The molecular formula is C26H30N2O3. The minimum absolute atomic E-state index is 0.729. The van der Waals surface area contributed by atoms with E-state index >= 15 is 0 Å². The van der Waals surface area contributed by atoms with Gasteiger partial charge in [-0.1, -0.05) is 42.5 Å². The first kappa shape index (κ1) is 23.7. The maximum absolute atomic E-state index is 10.2. The second kappa shape index (κ2) is 12.9. The minimum Gasteiger partial charge on any atom is -0.497 e. The fourth-order valence-electron chi connectivity index (χ4n) is 3.03. The number of allylic oxidation sites excluding steroid dienone is 1. The number of nitrogens with two attached hydrogens (primary N) is 2. The molecule has 162 valence electrons. The van der Waals surface area contributed by atoms with E-state index in [1.807, 2.05) is 60.7 Å². The number of ether oxygens (including phenoxy) is 2. The smallest absolute Gasteiger partial charge is 0.142 e. The lowest BCUT2D eigenvalue weighted by Gasteiger charge is -2.04. The lowest BCUT2D eigenvalue weighted by molar-refractivity contribution is -0.104. The summed E-state index contributed by atoms with van der Waals surface area (Å²) in [6, 6.07) is 21.6. The summed E-state index contributed by atoms with van der Waals surface area (Å²) in [4.78, 5) is 10.2. The van der Waals surface area contributed by atoms with Gasteiger partial charge in [-0.2, -0.15) is 0 Å². The third-order valence-electron chi connectivity index (χ3n) is 4.55. The van der Waals surface area contributed by atoms with E-state index in [9.17, 15) is 4.79 Å². The van der Waals surface area contributed by atoms with Crippen molar-refractivity contribution >= 4 is 23.7 Å². The number of benzene rings is 3. The van der Waals surface area contributed by atoms with Gasteiger partial charge in [0, 0.05) is 25.1 Å². The second-order valence-corrected chi connectivity index (χ2v) is 6.95. The third-order valence-corrected chi connectivity index (χ3v) is 4.55. The van der Waals surface area contributed by atoms with Crippen LogP contribution in [0.3, 0.4) is 0 Å². The van der Waals surface area contributed by atoms with Crippen LogP contribution < -0.4 is 16.2 Å². The molecule has 5 heteroatoms. The van der Waals surface area contributed by atoms with Crippen LogP contribution in [0.2, 0.25) is 0 Å². The van der Waals surface area contributed by atoms with Crippen molar-refractivity contribution in [2.45, 2.75) is 12.8 Å². The third kappa shape index (κ3) is 8.36. The molecular weight excluding hydrogens is 388 g/mol. The number of aldehydes is 1. The van der Waals surface area contributed by atoms with Crippen LogP contribution >= 0.6 is 0 Å². The minimum atomic E-state index is 0.729. The van der Waals surface area contributed by atoms with E-state index in [1.54, 1.807) is 26.4 Å². The lowest BCUT2D eigenvalue weighted by atomic mass is 10.0. The number of nitrogen functional groups attached to an aromatic ring is 2. The van der Waals surface area contributed by atoms with Crippen molar-refractivity contribution in [1.82, 2.24) is 0 Å². The molecule has 0 radical (unpaired) electrons. The van der Waals surface area contributed by atoms with Crippen LogP contribution in [-0.4, -0.2) is 27.1 Å². The van der Waals surface area contributed by atoms with E-state index in [0.29, 0.717) is 0 Å². The molecule has 0 amide bonds. The van der Waals surface area contributed by atoms with Crippen molar-refractivity contribution in [1.29, 1.82) is 0 Å². The normalized spacial score (nSPS) is 10.4. The van der Waals surface area contributed by atoms with E-state index in [0.717, 1.165) is 59.5 Å². The van der Waals surface area contributed by atoms with Gasteiger partial charge < -0.3 is 20.9 Å². The van der Waals surface area contributed by atoms with Gasteiger partial charge in [-0.15, -0.1) is 0 Å². The summed E-state index contributed by atoms with van der Waals surface area (Å²) in [6.07, 6.45) is 6.01. The molecule has 0 fully saturated rings. The molecule has 0 aliphatic carbocycles. The molecule has 0 heterocycles. The molecule has 3 aromatic rings. The van der Waals surface area contributed by atoms with Gasteiger partial charge in [0.25, 0.3) is 0 Å². The molecule has 0 bridgehead atoms. The highest BCUT2D eigenvalue weighted by molar-refractivity contribution is 5.74. The Morgan fingerprint density at radius 3 is 1.94 bits per heavy atom. The Kier molecular flexibility index (Phi) is 9.85. The first-order valence-corrected chi connectivity index (χ1v) is 10.1. The summed E-state index contributed by atoms with van der Waals surface area (Å²) in [5.41, 5.74) is 17.2. The Hall–Kier alpha value is -3.57. The predicted octanol–water partition coefficient (Wildman–Crippen LogP) is 5.00. The van der Waals surface area contributed by atoms with Gasteiger partial charge in [0.1, 0.15) is 12.0 Å². The highest BCUT2D eigenvalue weighted by Gasteiger charge is 1.98. The Morgan fingerprint density at radius 2 is 1.42 bits per heavy atom. The predicted molar refractivity (Wildman–Crippen MR) is 129 cm³/mol. The van der Waals surface area contributed by atoms with Crippen molar-refractivity contribution < 1.29 is 14.3 Å². The zero-order chi connectivity index (χ0) is 22.5. The van der Waals surface area contributed by atoms with Crippen molar-refractivity contribution in [2.75, 3.05) is 32.3 Å². The second-order valence-electron chi connectivity index (χ2n) is 6.95. The van der Waals surface area contributed by atoms with Gasteiger partial charge in [-0.3, -0.25) is 4.79 Å². The summed E-state index contributed by atoms with van der Waals surface area (Å²) in [7, 11) is 3.36. The standard InChI is InChI=1S/C16H14O2.C10H16N2O/c1-18-16-10-8-15(9-11-16)14-6-4-13(5-7-14)3-2-12-17;1-13-4-2-3-8-5-9(11)7-10(12)6-8/h2-12H,1H3;5-7H,2-4,11-12H2,1H3/b3-2+;. The summed E-state index contributed by atoms with van der Waals surface area (Å²) < 4.78 is 10.1. The zero-order valence-corrected chi connectivity index (χ0v) is 18.1. The Balaban J connectivity index is 0.000000233. The van der Waals surface area contributed by atoms with Gasteiger partial charge >= 0.3 is 0 Å². The molecule has 31 heavy (non-hydrogen) atoms. The quantitative estimate of drug-likeness (QED) is 0.232. The van der Waals surface area contributed by atoms with E-state index in [1.165, 1.54) is 11.6 Å². The summed E-state index contributed by atoms with van der Waals surface area (Å²) in [5.74, 6) is 0.851. The number of carbonyl (C=O) groups is 1. The van der Waals surface area contributed by atoms with Gasteiger partial charge in [0.15, 0.2) is 0 Å². The van der Waals surface area contributed by atoms with Gasteiger partial charge in [-0.05, 0) is 71.5 Å². The first-order valence-electron chi connectivity index (χ1n) is 10.1. The van der Waals surface area contributed by atoms with E-state index < -0.39 is 0 Å². The fraction of sp³-hybridized carbons (Fsp3) is 0.192. The fourth-order valence-corrected chi connectivity index (χ4v) is 3.03. The SMILES string of the molecule is COCCCc1cc(N)cc(N)c1.COc1ccc(-c2ccc(/C=C/C=O)cc2)cc1. The number of hydrogen-bond donors (Lipinski definition) is 2. The van der Waals surface area contributed by atoms with Crippen LogP contribution in [0.1, 0.15) is 17.5 Å². The van der Waals surface area contributed by atoms with Gasteiger partial charge in [-0.25, -0.2) is 0 Å². The molecule has 4 N–H and O–H groups in total. The number of aryl methyl sites for hydroxylation is 1. The van der Waals surface area contributed by atoms with E-state index in [4.69, 9.17) is 20.9 Å². The molecule has 0 atom stereocenters. The summed E-state index contributed by atoms with van der Waals surface area (Å²) in [6.45, 7) is 0.773. The van der Waals surface area contributed by atoms with E-state index in [-0.39, 0.29) is 0 Å². The molecule has 3 aromatic carbocycles. The molecule has 0 saturated heterocycles.